The maximum absolute atomic E-state index is 5.97. The first kappa shape index (κ1) is 14.4. The normalized spacial score (nSPS) is 16.4. The molecule has 0 bridgehead atoms. The second-order valence-corrected chi connectivity index (χ2v) is 6.19. The molecular weight excluding hydrogens is 300 g/mol. The number of halogens is 1. The summed E-state index contributed by atoms with van der Waals surface area (Å²) in [5, 5.41) is 8.06. The van der Waals surface area contributed by atoms with Crippen LogP contribution in [0.25, 0.3) is 0 Å². The van der Waals surface area contributed by atoms with Crippen molar-refractivity contribution in [3.05, 3.63) is 64.2 Å². The van der Waals surface area contributed by atoms with Crippen LogP contribution in [-0.4, -0.2) is 5.11 Å². The van der Waals surface area contributed by atoms with Gasteiger partial charge in [0.2, 0.25) is 0 Å². The van der Waals surface area contributed by atoms with E-state index in [9.17, 15) is 0 Å². The third kappa shape index (κ3) is 3.20. The van der Waals surface area contributed by atoms with Gasteiger partial charge in [-0.15, -0.1) is 0 Å². The van der Waals surface area contributed by atoms with Gasteiger partial charge < -0.3 is 10.6 Å². The highest BCUT2D eigenvalue weighted by atomic mass is 35.5. The van der Waals surface area contributed by atoms with Crippen molar-refractivity contribution in [3.8, 4) is 0 Å². The Balaban J connectivity index is 1.68. The predicted molar refractivity (Wildman–Crippen MR) is 93.0 cm³/mol. The van der Waals surface area contributed by atoms with Crippen molar-refractivity contribution in [2.24, 2.45) is 0 Å². The topological polar surface area (TPSA) is 24.1 Å². The zero-order valence-electron chi connectivity index (χ0n) is 11.8. The second-order valence-electron chi connectivity index (χ2n) is 5.35. The molecule has 0 amide bonds. The fourth-order valence-corrected chi connectivity index (χ4v) is 3.27. The highest BCUT2D eigenvalue weighted by Crippen LogP contribution is 2.30. The molecule has 0 spiro atoms. The van der Waals surface area contributed by atoms with Crippen molar-refractivity contribution in [1.29, 1.82) is 0 Å². The summed E-state index contributed by atoms with van der Waals surface area (Å²) in [6.45, 7) is 2.02. The number of rotatable bonds is 2. The van der Waals surface area contributed by atoms with Crippen molar-refractivity contribution in [2.75, 3.05) is 5.32 Å². The van der Waals surface area contributed by atoms with Crippen LogP contribution >= 0.6 is 23.8 Å². The van der Waals surface area contributed by atoms with Crippen LogP contribution in [0.1, 0.15) is 29.2 Å². The molecule has 4 heteroatoms. The minimum Gasteiger partial charge on any atom is -0.356 e. The van der Waals surface area contributed by atoms with E-state index in [-0.39, 0.29) is 0 Å². The summed E-state index contributed by atoms with van der Waals surface area (Å²) in [4.78, 5) is 0. The van der Waals surface area contributed by atoms with E-state index >= 15 is 0 Å². The van der Waals surface area contributed by atoms with E-state index < -0.39 is 0 Å². The van der Waals surface area contributed by atoms with Gasteiger partial charge in [-0.25, -0.2) is 0 Å². The molecule has 1 atom stereocenters. The van der Waals surface area contributed by atoms with Gasteiger partial charge in [0, 0.05) is 10.7 Å². The Morgan fingerprint density at radius 2 is 2.05 bits per heavy atom. The number of benzene rings is 2. The van der Waals surface area contributed by atoms with Crippen molar-refractivity contribution >= 4 is 34.6 Å². The van der Waals surface area contributed by atoms with Gasteiger partial charge in [0.1, 0.15) is 0 Å². The van der Waals surface area contributed by atoms with Gasteiger partial charge >= 0.3 is 0 Å². The second kappa shape index (κ2) is 6.04. The zero-order chi connectivity index (χ0) is 14.8. The summed E-state index contributed by atoms with van der Waals surface area (Å²) in [7, 11) is 0. The first-order chi connectivity index (χ1) is 10.1. The van der Waals surface area contributed by atoms with E-state index in [2.05, 4.69) is 34.9 Å². The lowest BCUT2D eigenvalue weighted by atomic mass is 10.1. The summed E-state index contributed by atoms with van der Waals surface area (Å²) in [6.07, 6.45) is 2.19. The van der Waals surface area contributed by atoms with Crippen molar-refractivity contribution in [3.63, 3.8) is 0 Å². The van der Waals surface area contributed by atoms with Gasteiger partial charge in [-0.05, 0) is 66.9 Å². The van der Waals surface area contributed by atoms with Gasteiger partial charge in [0.05, 0.1) is 6.04 Å². The lowest BCUT2D eigenvalue weighted by Crippen LogP contribution is -2.31. The largest absolute Gasteiger partial charge is 0.356 e. The molecule has 2 aromatic carbocycles. The number of nitrogens with one attached hydrogen (secondary N) is 2. The minimum atomic E-state index is 0.300. The molecule has 0 aliphatic heterocycles. The average Bonchev–Trinajstić information content (AvgIpc) is 2.85. The van der Waals surface area contributed by atoms with E-state index in [4.69, 9.17) is 23.8 Å². The van der Waals surface area contributed by atoms with Crippen LogP contribution in [0.4, 0.5) is 5.69 Å². The quantitative estimate of drug-likeness (QED) is 0.790. The molecule has 108 valence electrons. The van der Waals surface area contributed by atoms with Crippen LogP contribution in [0, 0.1) is 6.92 Å². The molecule has 0 fully saturated rings. The molecule has 0 radical (unpaired) electrons. The molecule has 1 aliphatic carbocycles. The van der Waals surface area contributed by atoms with Crippen LogP contribution in [-0.2, 0) is 6.42 Å². The Kier molecular flexibility index (Phi) is 4.13. The standard InChI is InChI=1S/C17H17ClN2S/c1-11-10-13(18)7-9-15(11)19-17(21)20-16-8-6-12-4-2-3-5-14(12)16/h2-5,7,9-10,16H,6,8H2,1H3,(H2,19,20,21). The highest BCUT2D eigenvalue weighted by molar-refractivity contribution is 7.80. The first-order valence-corrected chi connectivity index (χ1v) is 7.83. The molecule has 0 saturated heterocycles. The SMILES string of the molecule is Cc1cc(Cl)ccc1NC(=S)NC1CCc2ccccc21. The third-order valence-electron chi connectivity index (χ3n) is 3.87. The lowest BCUT2D eigenvalue weighted by molar-refractivity contribution is 0.644. The summed E-state index contributed by atoms with van der Waals surface area (Å²) < 4.78 is 0. The van der Waals surface area contributed by atoms with Crippen molar-refractivity contribution in [1.82, 2.24) is 5.32 Å². The predicted octanol–water partition coefficient (Wildman–Crippen LogP) is 4.62. The van der Waals surface area contributed by atoms with E-state index in [0.29, 0.717) is 11.2 Å². The van der Waals surface area contributed by atoms with Gasteiger partial charge in [0.25, 0.3) is 0 Å². The fraction of sp³-hybridized carbons (Fsp3) is 0.235. The number of anilines is 1. The third-order valence-corrected chi connectivity index (χ3v) is 4.33. The maximum atomic E-state index is 5.97. The van der Waals surface area contributed by atoms with Gasteiger partial charge in [-0.2, -0.15) is 0 Å². The van der Waals surface area contributed by atoms with Crippen molar-refractivity contribution < 1.29 is 0 Å². The molecular formula is C17H17ClN2S. The average molecular weight is 317 g/mol. The Bertz CT molecular complexity index is 684. The molecule has 2 nitrogen and oxygen atoms in total. The molecule has 0 aromatic heterocycles. The van der Waals surface area contributed by atoms with E-state index in [1.54, 1.807) is 0 Å². The number of hydrogen-bond donors (Lipinski definition) is 2. The number of hydrogen-bond acceptors (Lipinski definition) is 1. The number of aryl methyl sites for hydroxylation is 2. The van der Waals surface area contributed by atoms with Gasteiger partial charge in [0.15, 0.2) is 5.11 Å². The molecule has 3 rings (SSSR count). The maximum Gasteiger partial charge on any atom is 0.171 e. The molecule has 1 aliphatic rings. The van der Waals surface area contributed by atoms with Gasteiger partial charge in [-0.1, -0.05) is 35.9 Å². The Morgan fingerprint density at radius 3 is 2.86 bits per heavy atom. The Labute approximate surface area is 135 Å². The highest BCUT2D eigenvalue weighted by Gasteiger charge is 2.22. The Hall–Kier alpha value is -1.58. The minimum absolute atomic E-state index is 0.300. The van der Waals surface area contributed by atoms with E-state index in [1.165, 1.54) is 11.1 Å². The van der Waals surface area contributed by atoms with Crippen LogP contribution in [0.3, 0.4) is 0 Å². The fourth-order valence-electron chi connectivity index (χ4n) is 2.79. The van der Waals surface area contributed by atoms with E-state index in [0.717, 1.165) is 29.1 Å². The molecule has 0 saturated carbocycles. The first-order valence-electron chi connectivity index (χ1n) is 7.05. The number of fused-ring (bicyclic) bond motifs is 1. The molecule has 2 aromatic rings. The summed E-state index contributed by atoms with van der Waals surface area (Å²) in [5.74, 6) is 0. The summed E-state index contributed by atoms with van der Waals surface area (Å²) >= 11 is 11.4. The molecule has 21 heavy (non-hydrogen) atoms. The van der Waals surface area contributed by atoms with Crippen LogP contribution in [0.15, 0.2) is 42.5 Å². The zero-order valence-corrected chi connectivity index (χ0v) is 13.4. The van der Waals surface area contributed by atoms with Crippen LogP contribution in [0.2, 0.25) is 5.02 Å². The smallest absolute Gasteiger partial charge is 0.171 e. The van der Waals surface area contributed by atoms with E-state index in [1.807, 2.05) is 25.1 Å². The number of thiocarbonyl (C=S) groups is 1. The van der Waals surface area contributed by atoms with Crippen LogP contribution < -0.4 is 10.6 Å². The molecule has 2 N–H and O–H groups in total. The summed E-state index contributed by atoms with van der Waals surface area (Å²) in [5.41, 5.74) is 4.84. The lowest BCUT2D eigenvalue weighted by Gasteiger charge is -2.18. The monoisotopic (exact) mass is 316 g/mol. The Morgan fingerprint density at radius 1 is 1.24 bits per heavy atom. The van der Waals surface area contributed by atoms with Crippen molar-refractivity contribution in [2.45, 2.75) is 25.8 Å². The van der Waals surface area contributed by atoms with Gasteiger partial charge in [-0.3, -0.25) is 0 Å². The molecule has 0 heterocycles. The summed E-state index contributed by atoms with van der Waals surface area (Å²) in [6, 6.07) is 14.6. The molecule has 1 unspecified atom stereocenters. The van der Waals surface area contributed by atoms with Crippen LogP contribution in [0.5, 0.6) is 0 Å².